The fourth-order valence-electron chi connectivity index (χ4n) is 2.60. The first kappa shape index (κ1) is 14.0. The summed E-state index contributed by atoms with van der Waals surface area (Å²) in [6.07, 6.45) is 3.59. The molecule has 3 aromatic rings. The Morgan fingerprint density at radius 1 is 1.09 bits per heavy atom. The van der Waals surface area contributed by atoms with Crippen molar-refractivity contribution in [3.63, 3.8) is 0 Å². The summed E-state index contributed by atoms with van der Waals surface area (Å²) in [6, 6.07) is 10.6. The first-order chi connectivity index (χ1) is 10.6. The largest absolute Gasteiger partial charge is 0.350 e. The minimum Gasteiger partial charge on any atom is -0.350 e. The van der Waals surface area contributed by atoms with Crippen LogP contribution in [-0.4, -0.2) is 9.91 Å². The molecule has 0 bridgehead atoms. The first-order valence-corrected chi connectivity index (χ1v) is 6.92. The number of rotatable bonds is 3. The van der Waals surface area contributed by atoms with E-state index in [-0.39, 0.29) is 10.6 Å². The number of para-hydroxylation sites is 2. The molecule has 0 spiro atoms. The van der Waals surface area contributed by atoms with Crippen LogP contribution in [0, 0.1) is 24.0 Å². The van der Waals surface area contributed by atoms with Gasteiger partial charge in [0.15, 0.2) is 0 Å². The number of fused-ring (bicyclic) bond motifs is 1. The lowest BCUT2D eigenvalue weighted by atomic mass is 10.0. The van der Waals surface area contributed by atoms with E-state index in [1.165, 1.54) is 6.07 Å². The highest BCUT2D eigenvalue weighted by Crippen LogP contribution is 2.33. The van der Waals surface area contributed by atoms with Gasteiger partial charge >= 0.3 is 0 Å². The van der Waals surface area contributed by atoms with Crippen molar-refractivity contribution in [2.24, 2.45) is 0 Å². The molecule has 1 heterocycles. The van der Waals surface area contributed by atoms with Crippen molar-refractivity contribution in [2.75, 3.05) is 5.32 Å². The Morgan fingerprint density at radius 3 is 2.64 bits per heavy atom. The lowest BCUT2D eigenvalue weighted by molar-refractivity contribution is -0.383. The average Bonchev–Trinajstić information content (AvgIpc) is 2.53. The smallest absolute Gasteiger partial charge is 0.292 e. The highest BCUT2D eigenvalue weighted by Gasteiger charge is 2.14. The van der Waals surface area contributed by atoms with Crippen LogP contribution < -0.4 is 5.32 Å². The standard InChI is InChI=1S/C17H15N3O2/c1-11-9-16(12(2)14-10-18-8-7-13(11)14)19-15-5-3-4-6-17(15)20(21)22/h3-10,19H,1-2H3. The normalized spacial score (nSPS) is 10.6. The highest BCUT2D eigenvalue weighted by molar-refractivity contribution is 5.93. The van der Waals surface area contributed by atoms with Gasteiger partial charge in [-0.3, -0.25) is 15.1 Å². The van der Waals surface area contributed by atoms with E-state index >= 15 is 0 Å². The van der Waals surface area contributed by atoms with Gasteiger partial charge in [0.1, 0.15) is 5.69 Å². The number of nitrogens with zero attached hydrogens (tertiary/aromatic N) is 2. The molecule has 0 saturated carbocycles. The third-order valence-electron chi connectivity index (χ3n) is 3.78. The maximum Gasteiger partial charge on any atom is 0.292 e. The molecule has 5 nitrogen and oxygen atoms in total. The highest BCUT2D eigenvalue weighted by atomic mass is 16.6. The van der Waals surface area contributed by atoms with Crippen LogP contribution in [0.15, 0.2) is 48.8 Å². The van der Waals surface area contributed by atoms with E-state index in [2.05, 4.69) is 10.3 Å². The van der Waals surface area contributed by atoms with Crippen molar-refractivity contribution >= 4 is 27.8 Å². The summed E-state index contributed by atoms with van der Waals surface area (Å²) < 4.78 is 0. The molecule has 0 unspecified atom stereocenters. The van der Waals surface area contributed by atoms with E-state index in [0.29, 0.717) is 5.69 Å². The van der Waals surface area contributed by atoms with Crippen molar-refractivity contribution in [3.05, 3.63) is 70.0 Å². The molecule has 2 aromatic carbocycles. The second-order valence-electron chi connectivity index (χ2n) is 5.19. The van der Waals surface area contributed by atoms with E-state index in [1.807, 2.05) is 32.2 Å². The molecule has 1 aromatic heterocycles. The number of pyridine rings is 1. The van der Waals surface area contributed by atoms with Gasteiger partial charge in [0.05, 0.1) is 4.92 Å². The Bertz CT molecular complexity index is 875. The molecule has 0 amide bonds. The van der Waals surface area contributed by atoms with E-state index < -0.39 is 0 Å². The molecule has 0 saturated heterocycles. The Labute approximate surface area is 127 Å². The number of nitro groups is 1. The van der Waals surface area contributed by atoms with Crippen molar-refractivity contribution in [2.45, 2.75) is 13.8 Å². The third kappa shape index (κ3) is 2.37. The number of nitrogens with one attached hydrogen (secondary N) is 1. The lowest BCUT2D eigenvalue weighted by Crippen LogP contribution is -1.99. The second-order valence-corrected chi connectivity index (χ2v) is 5.19. The SMILES string of the molecule is Cc1cc(Nc2ccccc2[N+](=O)[O-])c(C)c2cnccc12. The van der Waals surface area contributed by atoms with Gasteiger partial charge in [0.25, 0.3) is 5.69 Å². The van der Waals surface area contributed by atoms with Crippen molar-refractivity contribution < 1.29 is 4.92 Å². The van der Waals surface area contributed by atoms with Gasteiger partial charge in [-0.25, -0.2) is 0 Å². The fourth-order valence-corrected chi connectivity index (χ4v) is 2.60. The molecule has 1 N–H and O–H groups in total. The van der Waals surface area contributed by atoms with Gasteiger partial charge in [-0.1, -0.05) is 12.1 Å². The number of anilines is 2. The molecular weight excluding hydrogens is 278 g/mol. The van der Waals surface area contributed by atoms with E-state index in [1.54, 1.807) is 24.4 Å². The Hall–Kier alpha value is -2.95. The summed E-state index contributed by atoms with van der Waals surface area (Å²) in [7, 11) is 0. The predicted octanol–water partition coefficient (Wildman–Crippen LogP) is 4.50. The summed E-state index contributed by atoms with van der Waals surface area (Å²) in [4.78, 5) is 14.9. The quantitative estimate of drug-likeness (QED) is 0.570. The minimum absolute atomic E-state index is 0.0610. The van der Waals surface area contributed by atoms with Crippen molar-refractivity contribution in [3.8, 4) is 0 Å². The zero-order chi connectivity index (χ0) is 15.7. The average molecular weight is 293 g/mol. The number of nitro benzene ring substituents is 1. The summed E-state index contributed by atoms with van der Waals surface area (Å²) in [6.45, 7) is 4.01. The van der Waals surface area contributed by atoms with Gasteiger partial charge in [0, 0.05) is 29.5 Å². The second kappa shape index (κ2) is 5.44. The maximum atomic E-state index is 11.1. The van der Waals surface area contributed by atoms with E-state index in [9.17, 15) is 10.1 Å². The van der Waals surface area contributed by atoms with Crippen LogP contribution in [0.2, 0.25) is 0 Å². The van der Waals surface area contributed by atoms with Gasteiger partial charge in [-0.05, 0) is 48.6 Å². The van der Waals surface area contributed by atoms with Crippen LogP contribution in [-0.2, 0) is 0 Å². The maximum absolute atomic E-state index is 11.1. The summed E-state index contributed by atoms with van der Waals surface area (Å²) in [5, 5.41) is 16.5. The van der Waals surface area contributed by atoms with Gasteiger partial charge in [0.2, 0.25) is 0 Å². The number of hydrogen-bond donors (Lipinski definition) is 1. The molecule has 110 valence electrons. The number of aryl methyl sites for hydroxylation is 2. The molecule has 22 heavy (non-hydrogen) atoms. The van der Waals surface area contributed by atoms with E-state index in [0.717, 1.165) is 27.6 Å². The zero-order valence-corrected chi connectivity index (χ0v) is 12.3. The Kier molecular flexibility index (Phi) is 3.47. The molecule has 0 aliphatic carbocycles. The molecule has 0 fully saturated rings. The van der Waals surface area contributed by atoms with Crippen LogP contribution in [0.1, 0.15) is 11.1 Å². The number of benzene rings is 2. The molecular formula is C17H15N3O2. The lowest BCUT2D eigenvalue weighted by Gasteiger charge is -2.14. The van der Waals surface area contributed by atoms with Crippen molar-refractivity contribution in [1.29, 1.82) is 0 Å². The molecule has 0 atom stereocenters. The number of aromatic nitrogens is 1. The topological polar surface area (TPSA) is 68.1 Å². The molecule has 3 rings (SSSR count). The minimum atomic E-state index is -0.382. The van der Waals surface area contributed by atoms with Gasteiger partial charge < -0.3 is 5.32 Å². The predicted molar refractivity (Wildman–Crippen MR) is 87.6 cm³/mol. The number of hydrogen-bond acceptors (Lipinski definition) is 4. The first-order valence-electron chi connectivity index (χ1n) is 6.92. The van der Waals surface area contributed by atoms with Crippen LogP contribution in [0.3, 0.4) is 0 Å². The van der Waals surface area contributed by atoms with Crippen LogP contribution >= 0.6 is 0 Å². The summed E-state index contributed by atoms with van der Waals surface area (Å²) in [5.41, 5.74) is 3.52. The van der Waals surface area contributed by atoms with Gasteiger partial charge in [-0.2, -0.15) is 0 Å². The monoisotopic (exact) mass is 293 g/mol. The summed E-state index contributed by atoms with van der Waals surface area (Å²) >= 11 is 0. The fraction of sp³-hybridized carbons (Fsp3) is 0.118. The Balaban J connectivity index is 2.13. The molecule has 0 aliphatic rings. The third-order valence-corrected chi connectivity index (χ3v) is 3.78. The molecule has 0 aliphatic heterocycles. The zero-order valence-electron chi connectivity index (χ0n) is 12.3. The van der Waals surface area contributed by atoms with Gasteiger partial charge in [-0.15, -0.1) is 0 Å². The Morgan fingerprint density at radius 2 is 1.86 bits per heavy atom. The molecule has 0 radical (unpaired) electrons. The van der Waals surface area contributed by atoms with Crippen LogP contribution in [0.4, 0.5) is 17.1 Å². The van der Waals surface area contributed by atoms with Crippen LogP contribution in [0.25, 0.3) is 10.8 Å². The van der Waals surface area contributed by atoms with E-state index in [4.69, 9.17) is 0 Å². The summed E-state index contributed by atoms with van der Waals surface area (Å²) in [5.74, 6) is 0. The molecule has 5 heteroatoms. The van der Waals surface area contributed by atoms with Crippen LogP contribution in [0.5, 0.6) is 0 Å². The van der Waals surface area contributed by atoms with Crippen molar-refractivity contribution in [1.82, 2.24) is 4.98 Å².